The Morgan fingerprint density at radius 2 is 1.91 bits per heavy atom. The molecule has 7 nitrogen and oxygen atoms in total. The Hall–Kier alpha value is -4.16. The molecule has 2 heterocycles. The van der Waals surface area contributed by atoms with Gasteiger partial charge in [0, 0.05) is 18.0 Å². The van der Waals surface area contributed by atoms with Crippen LogP contribution in [0.2, 0.25) is 0 Å². The Bertz CT molecular complexity index is 1520. The first-order chi connectivity index (χ1) is 15.8. The van der Waals surface area contributed by atoms with E-state index in [1.165, 1.54) is 25.1 Å². The standard InChI is InChI=1S/C24H18FN3O4S/c1-16-12-18(9-10-21(16)25)33(30,31)27-22-7-3-2-6-19(22)24(29)32-15-17-14-28-11-5-4-8-23(28)20(17)13-26/h2-12,14,27H,15H2,1H3. The number of aromatic nitrogens is 1. The predicted octanol–water partition coefficient (Wildman–Crippen LogP) is 4.42. The molecule has 0 unspecified atom stereocenters. The van der Waals surface area contributed by atoms with Crippen molar-refractivity contribution in [1.29, 1.82) is 5.26 Å². The minimum absolute atomic E-state index is 0.00202. The van der Waals surface area contributed by atoms with E-state index >= 15 is 0 Å². The van der Waals surface area contributed by atoms with E-state index in [1.807, 2.05) is 6.07 Å². The highest BCUT2D eigenvalue weighted by atomic mass is 32.2. The van der Waals surface area contributed by atoms with Gasteiger partial charge in [-0.15, -0.1) is 0 Å². The Kier molecular flexibility index (Phi) is 5.85. The number of esters is 1. The molecule has 0 atom stereocenters. The summed E-state index contributed by atoms with van der Waals surface area (Å²) >= 11 is 0. The molecule has 166 valence electrons. The molecular weight excluding hydrogens is 445 g/mol. The summed E-state index contributed by atoms with van der Waals surface area (Å²) in [4.78, 5) is 12.6. The van der Waals surface area contributed by atoms with Crippen molar-refractivity contribution in [3.63, 3.8) is 0 Å². The van der Waals surface area contributed by atoms with Crippen molar-refractivity contribution in [2.75, 3.05) is 4.72 Å². The second-order valence-corrected chi connectivity index (χ2v) is 8.95. The summed E-state index contributed by atoms with van der Waals surface area (Å²) in [6, 6.07) is 16.9. The normalized spacial score (nSPS) is 11.2. The third-order valence-corrected chi connectivity index (χ3v) is 6.43. The highest BCUT2D eigenvalue weighted by Crippen LogP contribution is 2.24. The first-order valence-corrected chi connectivity index (χ1v) is 11.3. The number of pyridine rings is 1. The zero-order valence-electron chi connectivity index (χ0n) is 17.4. The number of carbonyl (C=O) groups excluding carboxylic acids is 1. The lowest BCUT2D eigenvalue weighted by Crippen LogP contribution is -2.16. The van der Waals surface area contributed by atoms with Crippen molar-refractivity contribution < 1.29 is 22.3 Å². The van der Waals surface area contributed by atoms with Gasteiger partial charge in [-0.25, -0.2) is 17.6 Å². The SMILES string of the molecule is Cc1cc(S(=O)(=O)Nc2ccccc2C(=O)OCc2cn3ccccc3c2C#N)ccc1F. The number of nitriles is 1. The van der Waals surface area contributed by atoms with E-state index in [0.717, 1.165) is 12.1 Å². The van der Waals surface area contributed by atoms with Crippen LogP contribution >= 0.6 is 0 Å². The van der Waals surface area contributed by atoms with Crippen LogP contribution in [0.15, 0.2) is 78.0 Å². The number of hydrogen-bond donors (Lipinski definition) is 1. The summed E-state index contributed by atoms with van der Waals surface area (Å²) in [7, 11) is -4.07. The highest BCUT2D eigenvalue weighted by Gasteiger charge is 2.21. The fourth-order valence-electron chi connectivity index (χ4n) is 3.38. The van der Waals surface area contributed by atoms with Crippen LogP contribution in [0.3, 0.4) is 0 Å². The Labute approximate surface area is 189 Å². The first kappa shape index (κ1) is 22.0. The molecule has 0 amide bonds. The van der Waals surface area contributed by atoms with Crippen molar-refractivity contribution >= 4 is 27.2 Å². The van der Waals surface area contributed by atoms with Gasteiger partial charge in [-0.05, 0) is 55.0 Å². The Balaban J connectivity index is 1.57. The molecule has 0 radical (unpaired) electrons. The fraction of sp³-hybridized carbons (Fsp3) is 0.0833. The number of halogens is 1. The van der Waals surface area contributed by atoms with Crippen molar-refractivity contribution in [2.24, 2.45) is 0 Å². The van der Waals surface area contributed by atoms with Crippen molar-refractivity contribution in [2.45, 2.75) is 18.4 Å². The zero-order valence-corrected chi connectivity index (χ0v) is 18.3. The van der Waals surface area contributed by atoms with Gasteiger partial charge >= 0.3 is 5.97 Å². The van der Waals surface area contributed by atoms with Crippen LogP contribution < -0.4 is 4.72 Å². The smallest absolute Gasteiger partial charge is 0.340 e. The van der Waals surface area contributed by atoms with E-state index in [4.69, 9.17) is 4.74 Å². The van der Waals surface area contributed by atoms with Crippen LogP contribution in [0.5, 0.6) is 0 Å². The van der Waals surface area contributed by atoms with Gasteiger partial charge < -0.3 is 9.14 Å². The lowest BCUT2D eigenvalue weighted by molar-refractivity contribution is 0.0474. The second kappa shape index (κ2) is 8.76. The van der Waals surface area contributed by atoms with E-state index in [-0.39, 0.29) is 28.3 Å². The maximum atomic E-state index is 13.5. The lowest BCUT2D eigenvalue weighted by atomic mass is 10.2. The molecule has 2 aromatic heterocycles. The van der Waals surface area contributed by atoms with Gasteiger partial charge in [0.2, 0.25) is 0 Å². The van der Waals surface area contributed by atoms with E-state index in [9.17, 15) is 22.9 Å². The Morgan fingerprint density at radius 1 is 1.15 bits per heavy atom. The number of carbonyl (C=O) groups is 1. The minimum Gasteiger partial charge on any atom is -0.457 e. The van der Waals surface area contributed by atoms with Crippen LogP contribution in [0, 0.1) is 24.1 Å². The number of para-hydroxylation sites is 1. The lowest BCUT2D eigenvalue weighted by Gasteiger charge is -2.13. The number of aryl methyl sites for hydroxylation is 1. The summed E-state index contributed by atoms with van der Waals surface area (Å²) < 4.78 is 48.6. The number of nitrogens with one attached hydrogen (secondary N) is 1. The number of ether oxygens (including phenoxy) is 1. The molecule has 0 aliphatic rings. The molecule has 9 heteroatoms. The molecule has 0 bridgehead atoms. The molecule has 0 saturated heterocycles. The molecule has 4 rings (SSSR count). The van der Waals surface area contributed by atoms with Gasteiger partial charge in [-0.1, -0.05) is 18.2 Å². The number of rotatable bonds is 6. The van der Waals surface area contributed by atoms with E-state index in [1.54, 1.807) is 41.1 Å². The number of anilines is 1. The minimum atomic E-state index is -4.07. The molecule has 0 aliphatic heterocycles. The highest BCUT2D eigenvalue weighted by molar-refractivity contribution is 7.92. The number of sulfonamides is 1. The van der Waals surface area contributed by atoms with E-state index in [0.29, 0.717) is 16.6 Å². The van der Waals surface area contributed by atoms with Crippen LogP contribution in [0.1, 0.15) is 27.0 Å². The number of hydrogen-bond acceptors (Lipinski definition) is 5. The fourth-order valence-corrected chi connectivity index (χ4v) is 4.54. The van der Waals surface area contributed by atoms with Crippen molar-refractivity contribution in [3.05, 3.63) is 101 Å². The quantitative estimate of drug-likeness (QED) is 0.427. The number of benzene rings is 2. The summed E-state index contributed by atoms with van der Waals surface area (Å²) in [5.74, 6) is -1.28. The Morgan fingerprint density at radius 3 is 2.67 bits per heavy atom. The molecular formula is C24H18FN3O4S. The first-order valence-electron chi connectivity index (χ1n) is 9.84. The van der Waals surface area contributed by atoms with Gasteiger partial charge in [0.25, 0.3) is 10.0 Å². The predicted molar refractivity (Wildman–Crippen MR) is 120 cm³/mol. The summed E-state index contributed by atoms with van der Waals surface area (Å²) in [5, 5.41) is 9.50. The molecule has 4 aromatic rings. The summed E-state index contributed by atoms with van der Waals surface area (Å²) in [6.45, 7) is 1.29. The van der Waals surface area contributed by atoms with Crippen molar-refractivity contribution in [3.8, 4) is 6.07 Å². The number of fused-ring (bicyclic) bond motifs is 1. The largest absolute Gasteiger partial charge is 0.457 e. The molecule has 1 N–H and O–H groups in total. The molecule has 0 aliphatic carbocycles. The maximum Gasteiger partial charge on any atom is 0.340 e. The van der Waals surface area contributed by atoms with Crippen molar-refractivity contribution in [1.82, 2.24) is 4.40 Å². The van der Waals surface area contributed by atoms with Crippen LogP contribution in [-0.4, -0.2) is 18.8 Å². The average Bonchev–Trinajstić information content (AvgIpc) is 3.16. The van der Waals surface area contributed by atoms with Crippen LogP contribution in [-0.2, 0) is 21.4 Å². The summed E-state index contributed by atoms with van der Waals surface area (Å²) in [6.07, 6.45) is 3.48. The van der Waals surface area contributed by atoms with Gasteiger partial charge in [0.15, 0.2) is 0 Å². The molecule has 0 spiro atoms. The third kappa shape index (κ3) is 4.42. The topological polar surface area (TPSA) is 101 Å². The number of nitrogens with zero attached hydrogens (tertiary/aromatic N) is 2. The molecule has 0 saturated carbocycles. The molecule has 2 aromatic carbocycles. The van der Waals surface area contributed by atoms with Gasteiger partial charge in [-0.2, -0.15) is 5.26 Å². The van der Waals surface area contributed by atoms with E-state index < -0.39 is 21.8 Å². The van der Waals surface area contributed by atoms with Gasteiger partial charge in [0.1, 0.15) is 18.5 Å². The molecule has 0 fully saturated rings. The molecule has 33 heavy (non-hydrogen) atoms. The van der Waals surface area contributed by atoms with Crippen LogP contribution in [0.25, 0.3) is 5.52 Å². The second-order valence-electron chi connectivity index (χ2n) is 7.27. The third-order valence-electron chi connectivity index (χ3n) is 5.06. The average molecular weight is 463 g/mol. The van der Waals surface area contributed by atoms with Crippen LogP contribution in [0.4, 0.5) is 10.1 Å². The monoisotopic (exact) mass is 463 g/mol. The van der Waals surface area contributed by atoms with Gasteiger partial charge in [0.05, 0.1) is 27.2 Å². The van der Waals surface area contributed by atoms with Gasteiger partial charge in [-0.3, -0.25) is 4.72 Å². The zero-order chi connectivity index (χ0) is 23.6. The van der Waals surface area contributed by atoms with E-state index in [2.05, 4.69) is 10.8 Å². The maximum absolute atomic E-state index is 13.5. The summed E-state index contributed by atoms with van der Waals surface area (Å²) in [5.41, 5.74) is 1.81.